The van der Waals surface area contributed by atoms with Crippen LogP contribution in [-0.4, -0.2) is 5.25 Å². The fourth-order valence-corrected chi connectivity index (χ4v) is 2.30. The Hall–Kier alpha value is -0.0200. The van der Waals surface area contributed by atoms with Crippen LogP contribution in [0.2, 0.25) is 0 Å². The first-order valence-electron chi connectivity index (χ1n) is 4.69. The smallest absolute Gasteiger partial charge is 0.137 e. The van der Waals surface area contributed by atoms with Gasteiger partial charge in [-0.3, -0.25) is 0 Å². The Bertz CT molecular complexity index is 301. The molecule has 0 radical (unpaired) electrons. The maximum Gasteiger partial charge on any atom is 0.137 e. The molecule has 0 aliphatic carbocycles. The topological polar surface area (TPSA) is 0 Å². The van der Waals surface area contributed by atoms with Crippen molar-refractivity contribution in [1.82, 2.24) is 0 Å². The third-order valence-corrected chi connectivity index (χ3v) is 4.10. The second-order valence-corrected chi connectivity index (χ2v) is 5.56. The maximum absolute atomic E-state index is 12.9. The van der Waals surface area contributed by atoms with E-state index >= 15 is 0 Å². The maximum atomic E-state index is 12.9. The first-order valence-corrected chi connectivity index (χ1v) is 6.53. The van der Waals surface area contributed by atoms with Crippen LogP contribution in [0.25, 0.3) is 0 Å². The highest BCUT2D eigenvalue weighted by atomic mass is 79.9. The van der Waals surface area contributed by atoms with Crippen molar-refractivity contribution in [2.24, 2.45) is 0 Å². The van der Waals surface area contributed by atoms with Gasteiger partial charge in [-0.05, 0) is 40.0 Å². The number of halogens is 2. The molecule has 3 heteroatoms. The lowest BCUT2D eigenvalue weighted by molar-refractivity contribution is 0.620. The van der Waals surface area contributed by atoms with Crippen molar-refractivity contribution >= 4 is 27.7 Å². The predicted molar refractivity (Wildman–Crippen MR) is 65.1 cm³/mol. The van der Waals surface area contributed by atoms with Crippen LogP contribution in [-0.2, 0) is 5.75 Å². The van der Waals surface area contributed by atoms with Crippen LogP contribution in [0.15, 0.2) is 22.7 Å². The monoisotopic (exact) mass is 276 g/mol. The van der Waals surface area contributed by atoms with Crippen LogP contribution in [0.4, 0.5) is 4.39 Å². The number of benzene rings is 1. The average molecular weight is 277 g/mol. The SMILES string of the molecule is CCC(C)SCc1ccc(F)c(Br)c1. The van der Waals surface area contributed by atoms with E-state index in [2.05, 4.69) is 29.8 Å². The Kier molecular flexibility index (Phi) is 4.96. The van der Waals surface area contributed by atoms with Gasteiger partial charge in [0.05, 0.1) is 4.47 Å². The molecule has 0 bridgehead atoms. The quantitative estimate of drug-likeness (QED) is 0.773. The van der Waals surface area contributed by atoms with Crippen molar-refractivity contribution in [2.75, 3.05) is 0 Å². The highest BCUT2D eigenvalue weighted by molar-refractivity contribution is 9.10. The van der Waals surface area contributed by atoms with Crippen molar-refractivity contribution in [1.29, 1.82) is 0 Å². The van der Waals surface area contributed by atoms with Crippen LogP contribution in [0.3, 0.4) is 0 Å². The molecule has 1 atom stereocenters. The van der Waals surface area contributed by atoms with E-state index in [0.29, 0.717) is 9.72 Å². The standard InChI is InChI=1S/C11H14BrFS/c1-3-8(2)14-7-9-4-5-11(13)10(12)6-9/h4-6,8H,3,7H2,1-2H3. The van der Waals surface area contributed by atoms with Gasteiger partial charge in [-0.1, -0.05) is 19.9 Å². The summed E-state index contributed by atoms with van der Waals surface area (Å²) in [5.41, 5.74) is 1.17. The molecule has 0 fully saturated rings. The summed E-state index contributed by atoms with van der Waals surface area (Å²) in [5.74, 6) is 0.760. The highest BCUT2D eigenvalue weighted by Crippen LogP contribution is 2.23. The molecule has 0 aliphatic heterocycles. The lowest BCUT2D eigenvalue weighted by Crippen LogP contribution is -1.93. The molecule has 0 nitrogen and oxygen atoms in total. The zero-order valence-corrected chi connectivity index (χ0v) is 10.8. The van der Waals surface area contributed by atoms with Gasteiger partial charge in [0, 0.05) is 11.0 Å². The van der Waals surface area contributed by atoms with E-state index in [4.69, 9.17) is 0 Å². The second kappa shape index (κ2) is 5.76. The average Bonchev–Trinajstić information content (AvgIpc) is 2.19. The summed E-state index contributed by atoms with van der Waals surface area (Å²) >= 11 is 5.09. The number of hydrogen-bond donors (Lipinski definition) is 0. The van der Waals surface area contributed by atoms with Crippen molar-refractivity contribution in [3.8, 4) is 0 Å². The van der Waals surface area contributed by atoms with Crippen molar-refractivity contribution in [2.45, 2.75) is 31.3 Å². The lowest BCUT2D eigenvalue weighted by Gasteiger charge is -2.08. The number of hydrogen-bond acceptors (Lipinski definition) is 1. The highest BCUT2D eigenvalue weighted by Gasteiger charge is 2.03. The van der Waals surface area contributed by atoms with Gasteiger partial charge in [0.25, 0.3) is 0 Å². The molecule has 0 saturated carbocycles. The molecule has 78 valence electrons. The minimum atomic E-state index is -0.192. The minimum Gasteiger partial charge on any atom is -0.206 e. The van der Waals surface area contributed by atoms with Gasteiger partial charge >= 0.3 is 0 Å². The van der Waals surface area contributed by atoms with E-state index in [0.717, 1.165) is 5.75 Å². The summed E-state index contributed by atoms with van der Waals surface area (Å²) in [6.07, 6.45) is 1.17. The molecular formula is C11H14BrFS. The fraction of sp³-hybridized carbons (Fsp3) is 0.455. The first-order chi connectivity index (χ1) is 6.63. The molecule has 1 rings (SSSR count). The van der Waals surface area contributed by atoms with Crippen molar-refractivity contribution in [3.63, 3.8) is 0 Å². The van der Waals surface area contributed by atoms with E-state index < -0.39 is 0 Å². The Morgan fingerprint density at radius 3 is 2.79 bits per heavy atom. The summed E-state index contributed by atoms with van der Waals surface area (Å²) in [7, 11) is 0. The molecule has 0 aliphatic rings. The summed E-state index contributed by atoms with van der Waals surface area (Å²) in [5, 5.41) is 0.666. The van der Waals surface area contributed by atoms with Crippen molar-refractivity contribution < 1.29 is 4.39 Å². The minimum absolute atomic E-state index is 0.192. The van der Waals surface area contributed by atoms with Gasteiger partial charge in [0.15, 0.2) is 0 Å². The molecule has 1 aromatic rings. The molecule has 14 heavy (non-hydrogen) atoms. The number of rotatable bonds is 4. The molecular weight excluding hydrogens is 263 g/mol. The summed E-state index contributed by atoms with van der Waals surface area (Å²) in [4.78, 5) is 0. The van der Waals surface area contributed by atoms with Gasteiger partial charge in [0.2, 0.25) is 0 Å². The Morgan fingerprint density at radius 2 is 2.21 bits per heavy atom. The third kappa shape index (κ3) is 3.62. The largest absolute Gasteiger partial charge is 0.206 e. The van der Waals surface area contributed by atoms with Gasteiger partial charge in [-0.2, -0.15) is 11.8 Å². The van der Waals surface area contributed by atoms with E-state index in [-0.39, 0.29) is 5.82 Å². The molecule has 0 amide bonds. The van der Waals surface area contributed by atoms with E-state index in [1.54, 1.807) is 0 Å². The fourth-order valence-electron chi connectivity index (χ4n) is 0.986. The van der Waals surface area contributed by atoms with E-state index in [1.807, 2.05) is 23.9 Å². The second-order valence-electron chi connectivity index (χ2n) is 3.28. The van der Waals surface area contributed by atoms with Crippen LogP contribution in [0.5, 0.6) is 0 Å². The third-order valence-electron chi connectivity index (χ3n) is 2.09. The zero-order valence-electron chi connectivity index (χ0n) is 8.39. The molecule has 0 aromatic heterocycles. The summed E-state index contributed by atoms with van der Waals surface area (Å²) in [6, 6.07) is 5.21. The first kappa shape index (κ1) is 12.1. The number of thioether (sulfide) groups is 1. The summed E-state index contributed by atoms with van der Waals surface area (Å²) < 4.78 is 13.5. The Morgan fingerprint density at radius 1 is 1.50 bits per heavy atom. The van der Waals surface area contributed by atoms with Crippen LogP contribution in [0, 0.1) is 5.82 Å². The Labute approximate surface area is 97.4 Å². The van der Waals surface area contributed by atoms with Crippen LogP contribution < -0.4 is 0 Å². The van der Waals surface area contributed by atoms with Gasteiger partial charge < -0.3 is 0 Å². The molecule has 0 saturated heterocycles. The van der Waals surface area contributed by atoms with Gasteiger partial charge in [0.1, 0.15) is 5.82 Å². The molecule has 1 unspecified atom stereocenters. The molecule has 1 aromatic carbocycles. The molecule has 0 N–H and O–H groups in total. The molecule has 0 heterocycles. The Balaban J connectivity index is 2.55. The van der Waals surface area contributed by atoms with Crippen LogP contribution in [0.1, 0.15) is 25.8 Å². The van der Waals surface area contributed by atoms with E-state index in [9.17, 15) is 4.39 Å². The van der Waals surface area contributed by atoms with Crippen LogP contribution >= 0.6 is 27.7 Å². The van der Waals surface area contributed by atoms with Gasteiger partial charge in [-0.15, -0.1) is 0 Å². The van der Waals surface area contributed by atoms with Crippen molar-refractivity contribution in [3.05, 3.63) is 34.1 Å². The summed E-state index contributed by atoms with van der Waals surface area (Å²) in [6.45, 7) is 4.39. The zero-order chi connectivity index (χ0) is 10.6. The normalized spacial score (nSPS) is 12.9. The van der Waals surface area contributed by atoms with E-state index in [1.165, 1.54) is 18.1 Å². The molecule has 0 spiro atoms. The van der Waals surface area contributed by atoms with Gasteiger partial charge in [-0.25, -0.2) is 4.39 Å². The predicted octanol–water partition coefficient (Wildman–Crippen LogP) is 4.62. The lowest BCUT2D eigenvalue weighted by atomic mass is 10.2.